The van der Waals surface area contributed by atoms with Gasteiger partial charge in [-0.1, -0.05) is 6.92 Å². The van der Waals surface area contributed by atoms with Crippen LogP contribution in [0, 0.1) is 0 Å². The number of tetrazole rings is 1. The Hall–Kier alpha value is -0.970. The normalized spacial score (nSPS) is 22.4. The Morgan fingerprint density at radius 1 is 1.62 bits per heavy atom. The zero-order valence-electron chi connectivity index (χ0n) is 7.90. The zero-order valence-corrected chi connectivity index (χ0v) is 7.90. The molecule has 1 saturated heterocycles. The minimum atomic E-state index is 0.339. The van der Waals surface area contributed by atoms with E-state index in [-0.39, 0.29) is 0 Å². The predicted molar refractivity (Wildman–Crippen MR) is 48.1 cm³/mol. The lowest BCUT2D eigenvalue weighted by molar-refractivity contribution is 0.507. The first-order chi connectivity index (χ1) is 6.40. The van der Waals surface area contributed by atoms with Gasteiger partial charge < -0.3 is 5.32 Å². The quantitative estimate of drug-likeness (QED) is 0.738. The van der Waals surface area contributed by atoms with Gasteiger partial charge in [-0.2, -0.15) is 4.80 Å². The number of nitrogens with one attached hydrogen (secondary N) is 1. The van der Waals surface area contributed by atoms with E-state index in [2.05, 4.69) is 27.7 Å². The fourth-order valence-corrected chi connectivity index (χ4v) is 1.59. The minimum Gasteiger partial charge on any atom is -0.307 e. The second-order valence-corrected chi connectivity index (χ2v) is 3.39. The van der Waals surface area contributed by atoms with Gasteiger partial charge in [-0.15, -0.1) is 10.2 Å². The molecule has 0 radical (unpaired) electrons. The van der Waals surface area contributed by atoms with Gasteiger partial charge in [0, 0.05) is 0 Å². The second-order valence-electron chi connectivity index (χ2n) is 3.39. The summed E-state index contributed by atoms with van der Waals surface area (Å²) in [6, 6.07) is 0.339. The van der Waals surface area contributed by atoms with Gasteiger partial charge in [0.25, 0.3) is 0 Å². The van der Waals surface area contributed by atoms with Crippen LogP contribution in [0.2, 0.25) is 0 Å². The van der Waals surface area contributed by atoms with Gasteiger partial charge in [0.1, 0.15) is 0 Å². The molecule has 1 atom stereocenters. The highest BCUT2D eigenvalue weighted by atomic mass is 15.6. The first kappa shape index (κ1) is 8.62. The molecule has 1 aromatic rings. The minimum absolute atomic E-state index is 0.339. The van der Waals surface area contributed by atoms with Gasteiger partial charge in [0.15, 0.2) is 5.82 Å². The molecular weight excluding hydrogens is 166 g/mol. The van der Waals surface area contributed by atoms with Crippen molar-refractivity contribution < 1.29 is 0 Å². The van der Waals surface area contributed by atoms with Crippen molar-refractivity contribution in [2.45, 2.75) is 38.8 Å². The van der Waals surface area contributed by atoms with Gasteiger partial charge in [-0.05, 0) is 31.0 Å². The van der Waals surface area contributed by atoms with Gasteiger partial charge in [-0.25, -0.2) is 0 Å². The van der Waals surface area contributed by atoms with Crippen molar-refractivity contribution in [3.63, 3.8) is 0 Å². The summed E-state index contributed by atoms with van der Waals surface area (Å²) in [7, 11) is 0. The highest BCUT2D eigenvalue weighted by Crippen LogP contribution is 2.18. The molecular formula is C8H15N5. The fraction of sp³-hybridized carbons (Fsp3) is 0.875. The van der Waals surface area contributed by atoms with Crippen LogP contribution in [0.25, 0.3) is 0 Å². The maximum Gasteiger partial charge on any atom is 0.191 e. The number of nitrogens with zero attached hydrogens (tertiary/aromatic N) is 4. The first-order valence-corrected chi connectivity index (χ1v) is 4.91. The van der Waals surface area contributed by atoms with Crippen LogP contribution in [0.5, 0.6) is 0 Å². The molecule has 1 aromatic heterocycles. The molecule has 1 N–H and O–H groups in total. The molecule has 1 aliphatic rings. The van der Waals surface area contributed by atoms with E-state index >= 15 is 0 Å². The van der Waals surface area contributed by atoms with Crippen molar-refractivity contribution in [1.82, 2.24) is 25.5 Å². The van der Waals surface area contributed by atoms with Crippen molar-refractivity contribution in [3.8, 4) is 0 Å². The summed E-state index contributed by atoms with van der Waals surface area (Å²) in [4.78, 5) is 1.68. The average molecular weight is 181 g/mol. The molecule has 0 saturated carbocycles. The molecule has 2 heterocycles. The van der Waals surface area contributed by atoms with Crippen molar-refractivity contribution in [2.24, 2.45) is 0 Å². The van der Waals surface area contributed by atoms with E-state index in [1.54, 1.807) is 4.80 Å². The first-order valence-electron chi connectivity index (χ1n) is 4.91. The van der Waals surface area contributed by atoms with Crippen molar-refractivity contribution in [1.29, 1.82) is 0 Å². The molecule has 72 valence electrons. The molecule has 0 bridgehead atoms. The summed E-state index contributed by atoms with van der Waals surface area (Å²) in [5.74, 6) is 0.853. The summed E-state index contributed by atoms with van der Waals surface area (Å²) in [5, 5.41) is 15.7. The molecule has 0 aromatic carbocycles. The van der Waals surface area contributed by atoms with Crippen LogP contribution in [0.15, 0.2) is 0 Å². The Kier molecular flexibility index (Phi) is 2.54. The third-order valence-electron chi connectivity index (χ3n) is 2.26. The van der Waals surface area contributed by atoms with Crippen LogP contribution in [0.4, 0.5) is 0 Å². The Morgan fingerprint density at radius 2 is 2.54 bits per heavy atom. The zero-order chi connectivity index (χ0) is 9.10. The summed E-state index contributed by atoms with van der Waals surface area (Å²) in [6.07, 6.45) is 3.40. The van der Waals surface area contributed by atoms with Crippen LogP contribution in [-0.2, 0) is 6.54 Å². The highest BCUT2D eigenvalue weighted by Gasteiger charge is 2.20. The lowest BCUT2D eigenvalue weighted by Gasteiger charge is -2.01. The molecule has 1 fully saturated rings. The van der Waals surface area contributed by atoms with Crippen LogP contribution in [-0.4, -0.2) is 26.8 Å². The lowest BCUT2D eigenvalue weighted by atomic mass is 10.2. The third-order valence-corrected chi connectivity index (χ3v) is 2.26. The van der Waals surface area contributed by atoms with E-state index < -0.39 is 0 Å². The second kappa shape index (κ2) is 3.83. The van der Waals surface area contributed by atoms with Crippen molar-refractivity contribution in [2.75, 3.05) is 6.54 Å². The SMILES string of the molecule is CCCn1nnc(C2CCCN2)n1. The summed E-state index contributed by atoms with van der Waals surface area (Å²) < 4.78 is 0. The van der Waals surface area contributed by atoms with Crippen LogP contribution >= 0.6 is 0 Å². The van der Waals surface area contributed by atoms with E-state index in [1.165, 1.54) is 6.42 Å². The Balaban J connectivity index is 2.03. The molecule has 5 nitrogen and oxygen atoms in total. The van der Waals surface area contributed by atoms with E-state index in [1.807, 2.05) is 0 Å². The standard InChI is InChI=1S/C8H15N5/c1-2-6-13-11-8(10-12-13)7-4-3-5-9-7/h7,9H,2-6H2,1H3. The van der Waals surface area contributed by atoms with Crippen molar-refractivity contribution in [3.05, 3.63) is 5.82 Å². The fourth-order valence-electron chi connectivity index (χ4n) is 1.59. The molecule has 0 amide bonds. The number of hydrogen-bond acceptors (Lipinski definition) is 4. The Bertz CT molecular complexity index is 263. The van der Waals surface area contributed by atoms with E-state index in [9.17, 15) is 0 Å². The number of rotatable bonds is 3. The Morgan fingerprint density at radius 3 is 3.23 bits per heavy atom. The van der Waals surface area contributed by atoms with Crippen LogP contribution in [0.1, 0.15) is 38.1 Å². The third kappa shape index (κ3) is 1.85. The summed E-state index contributed by atoms with van der Waals surface area (Å²) >= 11 is 0. The number of hydrogen-bond donors (Lipinski definition) is 1. The molecule has 0 aliphatic carbocycles. The number of aromatic nitrogens is 4. The summed E-state index contributed by atoms with van der Waals surface area (Å²) in [5.41, 5.74) is 0. The average Bonchev–Trinajstić information content (AvgIpc) is 2.70. The molecule has 13 heavy (non-hydrogen) atoms. The van der Waals surface area contributed by atoms with Gasteiger partial charge in [0.2, 0.25) is 0 Å². The number of aryl methyl sites for hydroxylation is 1. The Labute approximate surface area is 77.5 Å². The molecule has 0 spiro atoms. The molecule has 5 heteroatoms. The molecule has 2 rings (SSSR count). The van der Waals surface area contributed by atoms with Gasteiger partial charge in [0.05, 0.1) is 12.6 Å². The molecule has 1 aliphatic heterocycles. The smallest absolute Gasteiger partial charge is 0.191 e. The maximum atomic E-state index is 4.31. The molecule has 1 unspecified atom stereocenters. The lowest BCUT2D eigenvalue weighted by Crippen LogP contribution is -2.14. The van der Waals surface area contributed by atoms with Gasteiger partial charge >= 0.3 is 0 Å². The highest BCUT2D eigenvalue weighted by molar-refractivity contribution is 4.92. The van der Waals surface area contributed by atoms with E-state index in [0.717, 1.165) is 31.8 Å². The largest absolute Gasteiger partial charge is 0.307 e. The maximum absolute atomic E-state index is 4.31. The van der Waals surface area contributed by atoms with Crippen LogP contribution in [0.3, 0.4) is 0 Å². The monoisotopic (exact) mass is 181 g/mol. The van der Waals surface area contributed by atoms with E-state index in [4.69, 9.17) is 0 Å². The van der Waals surface area contributed by atoms with Crippen LogP contribution < -0.4 is 5.32 Å². The van der Waals surface area contributed by atoms with Gasteiger partial charge in [-0.3, -0.25) is 0 Å². The topological polar surface area (TPSA) is 55.6 Å². The van der Waals surface area contributed by atoms with Crippen molar-refractivity contribution >= 4 is 0 Å². The summed E-state index contributed by atoms with van der Waals surface area (Å²) in [6.45, 7) is 4.05. The predicted octanol–water partition coefficient (Wildman–Crippen LogP) is 0.508. The van der Waals surface area contributed by atoms with E-state index in [0.29, 0.717) is 6.04 Å².